The van der Waals surface area contributed by atoms with Crippen molar-refractivity contribution in [3.8, 4) is 0 Å². The number of rotatable bonds is 2. The van der Waals surface area contributed by atoms with Gasteiger partial charge in [0.15, 0.2) is 0 Å². The van der Waals surface area contributed by atoms with E-state index in [1.807, 2.05) is 34.2 Å². The maximum absolute atomic E-state index is 6.12. The number of nitrogens with two attached hydrogens (primary N) is 1. The highest BCUT2D eigenvalue weighted by atomic mass is 79.9. The number of imidazole rings is 1. The number of aromatic nitrogens is 2. The number of benzene rings is 1. The van der Waals surface area contributed by atoms with Crippen LogP contribution in [0.25, 0.3) is 11.0 Å². The van der Waals surface area contributed by atoms with Crippen molar-refractivity contribution in [2.45, 2.75) is 6.54 Å². The van der Waals surface area contributed by atoms with Gasteiger partial charge in [-0.05, 0) is 39.5 Å². The van der Waals surface area contributed by atoms with E-state index < -0.39 is 0 Å². The van der Waals surface area contributed by atoms with E-state index in [1.54, 1.807) is 11.3 Å². The van der Waals surface area contributed by atoms with E-state index in [4.69, 9.17) is 17.3 Å². The van der Waals surface area contributed by atoms with Gasteiger partial charge in [0.1, 0.15) is 5.52 Å². The second-order valence-corrected chi connectivity index (χ2v) is 6.12. The Bertz CT molecular complexity index is 719. The van der Waals surface area contributed by atoms with Crippen LogP contribution in [0.4, 0.5) is 5.95 Å². The van der Waals surface area contributed by atoms with Crippen LogP contribution in [-0.4, -0.2) is 9.55 Å². The van der Waals surface area contributed by atoms with Crippen LogP contribution in [0.5, 0.6) is 0 Å². The number of anilines is 1. The highest BCUT2D eigenvalue weighted by Crippen LogP contribution is 2.29. The van der Waals surface area contributed by atoms with Crippen molar-refractivity contribution < 1.29 is 0 Å². The fourth-order valence-corrected chi connectivity index (χ4v) is 3.56. The minimum Gasteiger partial charge on any atom is -0.369 e. The molecule has 0 aliphatic heterocycles. The summed E-state index contributed by atoms with van der Waals surface area (Å²) in [6, 6.07) is 7.74. The largest absolute Gasteiger partial charge is 0.369 e. The number of halogens is 2. The van der Waals surface area contributed by atoms with Gasteiger partial charge in [0.25, 0.3) is 0 Å². The Hall–Kier alpha value is -1.04. The summed E-state index contributed by atoms with van der Waals surface area (Å²) in [5.74, 6) is 0.485. The normalized spacial score (nSPS) is 11.2. The molecule has 6 heteroatoms. The van der Waals surface area contributed by atoms with Crippen molar-refractivity contribution >= 4 is 55.8 Å². The summed E-state index contributed by atoms with van der Waals surface area (Å²) in [6.45, 7) is 0.695. The molecule has 0 spiro atoms. The predicted molar refractivity (Wildman–Crippen MR) is 80.3 cm³/mol. The Morgan fingerprint density at radius 3 is 2.94 bits per heavy atom. The third-order valence-corrected chi connectivity index (χ3v) is 4.97. The number of hydrogen-bond donors (Lipinski definition) is 1. The highest BCUT2D eigenvalue weighted by molar-refractivity contribution is 9.10. The fraction of sp³-hybridized carbons (Fsp3) is 0.0833. The molecular weight excluding hydrogens is 334 g/mol. The molecule has 0 saturated carbocycles. The molecule has 3 aromatic rings. The standard InChI is InChI=1S/C12H9BrClN3S/c13-7-4-5-18-10(7)6-17-9-3-1-2-8(14)11(9)16-12(17)15/h1-5H,6H2,(H2,15,16). The van der Waals surface area contributed by atoms with Gasteiger partial charge in [-0.25, -0.2) is 4.98 Å². The van der Waals surface area contributed by atoms with E-state index in [9.17, 15) is 0 Å². The fourth-order valence-electron chi connectivity index (χ4n) is 1.88. The molecule has 0 saturated heterocycles. The van der Waals surface area contributed by atoms with Gasteiger partial charge in [-0.15, -0.1) is 11.3 Å². The minimum absolute atomic E-state index is 0.485. The smallest absolute Gasteiger partial charge is 0.201 e. The zero-order valence-electron chi connectivity index (χ0n) is 9.23. The molecule has 0 unspecified atom stereocenters. The molecule has 2 aromatic heterocycles. The molecule has 3 rings (SSSR count). The molecule has 92 valence electrons. The summed E-state index contributed by atoms with van der Waals surface area (Å²) < 4.78 is 3.06. The van der Waals surface area contributed by atoms with Crippen LogP contribution in [0.3, 0.4) is 0 Å². The number of thiophene rings is 1. The number of para-hydroxylation sites is 1. The maximum atomic E-state index is 6.12. The Morgan fingerprint density at radius 1 is 1.39 bits per heavy atom. The van der Waals surface area contributed by atoms with E-state index in [2.05, 4.69) is 20.9 Å². The second-order valence-electron chi connectivity index (χ2n) is 3.86. The van der Waals surface area contributed by atoms with Gasteiger partial charge in [0.05, 0.1) is 17.1 Å². The van der Waals surface area contributed by atoms with Crippen molar-refractivity contribution in [1.29, 1.82) is 0 Å². The Balaban J connectivity index is 2.15. The minimum atomic E-state index is 0.485. The lowest BCUT2D eigenvalue weighted by molar-refractivity contribution is 0.850. The van der Waals surface area contributed by atoms with Crippen LogP contribution in [0.2, 0.25) is 5.02 Å². The van der Waals surface area contributed by atoms with Gasteiger partial charge in [-0.3, -0.25) is 0 Å². The first-order chi connectivity index (χ1) is 8.66. The molecule has 0 aliphatic rings. The molecule has 0 bridgehead atoms. The molecule has 0 amide bonds. The molecule has 2 N–H and O–H groups in total. The van der Waals surface area contributed by atoms with Crippen molar-refractivity contribution in [2.75, 3.05) is 5.73 Å². The molecule has 2 heterocycles. The number of hydrogen-bond acceptors (Lipinski definition) is 3. The van der Waals surface area contributed by atoms with Crippen LogP contribution in [0.15, 0.2) is 34.1 Å². The highest BCUT2D eigenvalue weighted by Gasteiger charge is 2.12. The average Bonchev–Trinajstić information content (AvgIpc) is 2.87. The van der Waals surface area contributed by atoms with E-state index in [-0.39, 0.29) is 0 Å². The van der Waals surface area contributed by atoms with E-state index in [0.717, 1.165) is 15.5 Å². The van der Waals surface area contributed by atoms with E-state index in [1.165, 1.54) is 4.88 Å². The van der Waals surface area contributed by atoms with Gasteiger partial charge in [-0.1, -0.05) is 17.7 Å². The van der Waals surface area contributed by atoms with E-state index >= 15 is 0 Å². The molecule has 0 fully saturated rings. The molecular formula is C12H9BrClN3S. The van der Waals surface area contributed by atoms with Gasteiger partial charge in [0, 0.05) is 9.35 Å². The Labute approximate surface area is 121 Å². The van der Waals surface area contributed by atoms with Crippen LogP contribution in [-0.2, 0) is 6.54 Å². The van der Waals surface area contributed by atoms with E-state index in [0.29, 0.717) is 17.5 Å². The lowest BCUT2D eigenvalue weighted by Crippen LogP contribution is -2.03. The summed E-state index contributed by atoms with van der Waals surface area (Å²) in [6.07, 6.45) is 0. The summed E-state index contributed by atoms with van der Waals surface area (Å²) in [5.41, 5.74) is 7.68. The van der Waals surface area contributed by atoms with Crippen LogP contribution >= 0.6 is 38.9 Å². The molecule has 0 radical (unpaired) electrons. The Morgan fingerprint density at radius 2 is 2.22 bits per heavy atom. The van der Waals surface area contributed by atoms with Gasteiger partial charge in [0.2, 0.25) is 5.95 Å². The molecule has 18 heavy (non-hydrogen) atoms. The molecule has 1 aromatic carbocycles. The summed E-state index contributed by atoms with van der Waals surface area (Å²) in [4.78, 5) is 5.53. The first kappa shape index (κ1) is 12.0. The number of fused-ring (bicyclic) bond motifs is 1. The zero-order chi connectivity index (χ0) is 12.7. The lowest BCUT2D eigenvalue weighted by atomic mass is 10.3. The van der Waals surface area contributed by atoms with Gasteiger partial charge < -0.3 is 10.3 Å². The van der Waals surface area contributed by atoms with Crippen LogP contribution in [0, 0.1) is 0 Å². The van der Waals surface area contributed by atoms with Gasteiger partial charge in [-0.2, -0.15) is 0 Å². The monoisotopic (exact) mass is 341 g/mol. The average molecular weight is 343 g/mol. The number of nitrogens with zero attached hydrogens (tertiary/aromatic N) is 2. The molecule has 0 atom stereocenters. The summed E-state index contributed by atoms with van der Waals surface area (Å²) in [5, 5.41) is 2.67. The van der Waals surface area contributed by atoms with Crippen molar-refractivity contribution in [3.05, 3.63) is 44.0 Å². The topological polar surface area (TPSA) is 43.8 Å². The molecule has 3 nitrogen and oxygen atoms in total. The third kappa shape index (κ3) is 1.92. The zero-order valence-corrected chi connectivity index (χ0v) is 12.4. The van der Waals surface area contributed by atoms with Crippen LogP contribution < -0.4 is 5.73 Å². The third-order valence-electron chi connectivity index (χ3n) is 2.75. The van der Waals surface area contributed by atoms with Crippen LogP contribution in [0.1, 0.15) is 4.88 Å². The van der Waals surface area contributed by atoms with Gasteiger partial charge >= 0.3 is 0 Å². The first-order valence-corrected chi connectivity index (χ1v) is 7.34. The first-order valence-electron chi connectivity index (χ1n) is 5.29. The summed E-state index contributed by atoms with van der Waals surface area (Å²) in [7, 11) is 0. The summed E-state index contributed by atoms with van der Waals surface area (Å²) >= 11 is 11.3. The maximum Gasteiger partial charge on any atom is 0.201 e. The SMILES string of the molecule is Nc1nc2c(Cl)cccc2n1Cc1sccc1Br. The second kappa shape index (κ2) is 4.57. The quantitative estimate of drug-likeness (QED) is 0.760. The number of nitrogen functional groups attached to an aromatic ring is 1. The molecule has 0 aliphatic carbocycles. The van der Waals surface area contributed by atoms with Crippen molar-refractivity contribution in [1.82, 2.24) is 9.55 Å². The predicted octanol–water partition coefficient (Wildman–Crippen LogP) is 4.14. The van der Waals surface area contributed by atoms with Crippen molar-refractivity contribution in [2.24, 2.45) is 0 Å². The lowest BCUT2D eigenvalue weighted by Gasteiger charge is -2.05. The van der Waals surface area contributed by atoms with Crippen molar-refractivity contribution in [3.63, 3.8) is 0 Å². The Kier molecular flexibility index (Phi) is 3.05.